The maximum Gasteiger partial charge on any atom is 1.00 e. The fourth-order valence-electron chi connectivity index (χ4n) is 2.09. The van der Waals surface area contributed by atoms with Crippen LogP contribution in [-0.4, -0.2) is 25.0 Å². The van der Waals surface area contributed by atoms with E-state index in [9.17, 15) is 0 Å². The second kappa shape index (κ2) is 5.98. The smallest absolute Gasteiger partial charge is 0.783 e. The Bertz CT molecular complexity index is 225. The largest absolute Gasteiger partial charge is 1.00 e. The van der Waals surface area contributed by atoms with Crippen molar-refractivity contribution in [2.75, 3.05) is 14.1 Å². The number of hydrogen-bond donors (Lipinski definition) is 0. The van der Waals surface area contributed by atoms with Crippen LogP contribution in [0.3, 0.4) is 0 Å². The Kier molecular flexibility index (Phi) is 6.09. The Morgan fingerprint density at radius 3 is 2.21 bits per heavy atom. The molecule has 0 radical (unpaired) electrons. The first-order valence-corrected chi connectivity index (χ1v) is 5.16. The normalized spacial score (nSPS) is 22.4. The van der Waals surface area contributed by atoms with E-state index in [4.69, 9.17) is 12.6 Å². The van der Waals surface area contributed by atoms with Crippen molar-refractivity contribution in [3.63, 3.8) is 0 Å². The molecule has 0 aromatic heterocycles. The first-order chi connectivity index (χ1) is 6.04. The molecule has 1 rings (SSSR count). The van der Waals surface area contributed by atoms with Crippen LogP contribution < -0.4 is 18.9 Å². The van der Waals surface area contributed by atoms with E-state index in [1.807, 2.05) is 6.08 Å². The molecule has 3 heteroatoms. The Morgan fingerprint density at radius 2 is 1.93 bits per heavy atom. The van der Waals surface area contributed by atoms with Crippen molar-refractivity contribution < 1.29 is 18.9 Å². The molecule has 0 saturated carbocycles. The van der Waals surface area contributed by atoms with Crippen LogP contribution in [0, 0.1) is 11.8 Å². The van der Waals surface area contributed by atoms with Crippen LogP contribution in [0.4, 0.5) is 0 Å². The predicted molar refractivity (Wildman–Crippen MR) is 60.4 cm³/mol. The number of hydrogen-bond acceptors (Lipinski definition) is 2. The molecule has 0 spiro atoms. The predicted octanol–water partition coefficient (Wildman–Crippen LogP) is -0.807. The molecule has 14 heavy (non-hydrogen) atoms. The zero-order chi connectivity index (χ0) is 10.0. The van der Waals surface area contributed by atoms with Crippen LogP contribution >= 0.6 is 0 Å². The zero-order valence-corrected chi connectivity index (χ0v) is 10.6. The molecule has 2 atom stereocenters. The third kappa shape index (κ3) is 3.14. The van der Waals surface area contributed by atoms with Gasteiger partial charge in [0.05, 0.1) is 0 Å². The van der Waals surface area contributed by atoms with Gasteiger partial charge in [-0.1, -0.05) is 32.1 Å². The summed E-state index contributed by atoms with van der Waals surface area (Å²) < 4.78 is 0. The summed E-state index contributed by atoms with van der Waals surface area (Å²) in [6, 6.07) is 0.530. The molecule has 1 aliphatic rings. The van der Waals surface area contributed by atoms with Gasteiger partial charge < -0.3 is 17.5 Å². The van der Waals surface area contributed by atoms with Crippen molar-refractivity contribution >= 4 is 12.6 Å². The van der Waals surface area contributed by atoms with E-state index < -0.39 is 0 Å². The topological polar surface area (TPSA) is 3.24 Å². The standard InChI is InChI=1S/C11H19NS.Li/c1-8(2)11(12(3)4)9-6-5-7-10(9)13;/h5-9,11,13H,1-4H3;/q;+1/p-1/t9?,11-;/m1./s1. The molecule has 0 fully saturated rings. The number of rotatable bonds is 3. The van der Waals surface area contributed by atoms with Gasteiger partial charge in [-0.2, -0.15) is 4.91 Å². The second-order valence-corrected chi connectivity index (χ2v) is 4.65. The van der Waals surface area contributed by atoms with Gasteiger partial charge in [0.1, 0.15) is 0 Å². The van der Waals surface area contributed by atoms with E-state index in [1.165, 1.54) is 0 Å². The SMILES string of the molecule is CC(C)[C@H](C1C=CC=C1[S-])N(C)C.[Li+]. The summed E-state index contributed by atoms with van der Waals surface area (Å²) in [5.74, 6) is 1.07. The third-order valence-corrected chi connectivity index (χ3v) is 2.96. The van der Waals surface area contributed by atoms with Gasteiger partial charge in [0, 0.05) is 6.04 Å². The van der Waals surface area contributed by atoms with Crippen molar-refractivity contribution in [3.8, 4) is 0 Å². The summed E-state index contributed by atoms with van der Waals surface area (Å²) in [4.78, 5) is 3.35. The Labute approximate surface area is 105 Å². The van der Waals surface area contributed by atoms with E-state index in [-0.39, 0.29) is 18.9 Å². The van der Waals surface area contributed by atoms with E-state index >= 15 is 0 Å². The zero-order valence-electron chi connectivity index (χ0n) is 9.82. The molecule has 0 heterocycles. The molecule has 1 aliphatic carbocycles. The van der Waals surface area contributed by atoms with Crippen LogP contribution in [0.5, 0.6) is 0 Å². The first kappa shape index (κ1) is 14.3. The average molecular weight is 203 g/mol. The molecule has 0 amide bonds. The van der Waals surface area contributed by atoms with Gasteiger partial charge in [-0.3, -0.25) is 0 Å². The maximum absolute atomic E-state index is 5.31. The Morgan fingerprint density at radius 1 is 1.36 bits per heavy atom. The summed E-state index contributed by atoms with van der Waals surface area (Å²) in [7, 11) is 4.25. The number of allylic oxidation sites excluding steroid dienone is 2. The van der Waals surface area contributed by atoms with Gasteiger partial charge in [-0.25, -0.2) is 0 Å². The van der Waals surface area contributed by atoms with Gasteiger partial charge in [0.25, 0.3) is 0 Å². The van der Waals surface area contributed by atoms with Crippen LogP contribution in [0.2, 0.25) is 0 Å². The second-order valence-electron chi connectivity index (χ2n) is 4.18. The molecule has 1 unspecified atom stereocenters. The fourth-order valence-corrected chi connectivity index (χ4v) is 2.39. The summed E-state index contributed by atoms with van der Waals surface area (Å²) in [5.41, 5.74) is 0. The van der Waals surface area contributed by atoms with Crippen LogP contribution in [0.25, 0.3) is 0 Å². The van der Waals surface area contributed by atoms with Gasteiger partial charge in [-0.05, 0) is 25.9 Å². The quantitative estimate of drug-likeness (QED) is 0.436. The Hall–Kier alpha value is 0.257. The molecular weight excluding hydrogens is 185 g/mol. The molecule has 74 valence electrons. The average Bonchev–Trinajstić information content (AvgIpc) is 2.35. The van der Waals surface area contributed by atoms with E-state index in [0.717, 1.165) is 4.91 Å². The molecule has 0 saturated heterocycles. The van der Waals surface area contributed by atoms with E-state index in [2.05, 4.69) is 45.0 Å². The Balaban J connectivity index is 0.00000169. The van der Waals surface area contributed by atoms with Gasteiger partial charge >= 0.3 is 18.9 Å². The minimum atomic E-state index is 0. The number of nitrogens with zero attached hydrogens (tertiary/aromatic N) is 1. The minimum absolute atomic E-state index is 0. The van der Waals surface area contributed by atoms with Crippen LogP contribution in [0.15, 0.2) is 23.1 Å². The van der Waals surface area contributed by atoms with Crippen molar-refractivity contribution in [2.24, 2.45) is 11.8 Å². The molecule has 0 aliphatic heterocycles. The first-order valence-electron chi connectivity index (χ1n) is 4.76. The molecule has 0 bridgehead atoms. The van der Waals surface area contributed by atoms with Crippen LogP contribution in [0.1, 0.15) is 13.8 Å². The summed E-state index contributed by atoms with van der Waals surface area (Å²) >= 11 is 5.31. The van der Waals surface area contributed by atoms with Crippen molar-refractivity contribution in [2.45, 2.75) is 19.9 Å². The molecule has 1 nitrogen and oxygen atoms in total. The molecule has 0 aromatic carbocycles. The van der Waals surface area contributed by atoms with Crippen molar-refractivity contribution in [1.29, 1.82) is 0 Å². The molecule has 0 aromatic rings. The van der Waals surface area contributed by atoms with Gasteiger partial charge in [0.2, 0.25) is 0 Å². The molecule has 0 N–H and O–H groups in total. The van der Waals surface area contributed by atoms with Crippen molar-refractivity contribution in [3.05, 3.63) is 23.1 Å². The maximum atomic E-state index is 5.31. The van der Waals surface area contributed by atoms with E-state index in [0.29, 0.717) is 17.9 Å². The third-order valence-electron chi connectivity index (χ3n) is 2.55. The van der Waals surface area contributed by atoms with Crippen molar-refractivity contribution in [1.82, 2.24) is 4.90 Å². The minimum Gasteiger partial charge on any atom is -0.783 e. The fraction of sp³-hybridized carbons (Fsp3) is 0.636. The summed E-state index contributed by atoms with van der Waals surface area (Å²) in [6.07, 6.45) is 6.33. The monoisotopic (exact) mass is 203 g/mol. The summed E-state index contributed by atoms with van der Waals surface area (Å²) in [5, 5.41) is 0. The van der Waals surface area contributed by atoms with Gasteiger partial charge in [0.15, 0.2) is 0 Å². The van der Waals surface area contributed by atoms with Crippen LogP contribution in [-0.2, 0) is 12.6 Å². The van der Waals surface area contributed by atoms with E-state index in [1.54, 1.807) is 0 Å². The molecular formula is C11H18LiNS. The van der Waals surface area contributed by atoms with Gasteiger partial charge in [-0.15, -0.1) is 0 Å². The summed E-state index contributed by atoms with van der Waals surface area (Å²) in [6.45, 7) is 4.50.